The van der Waals surface area contributed by atoms with E-state index >= 15 is 0 Å². The highest BCUT2D eigenvalue weighted by Gasteiger charge is 2.20. The summed E-state index contributed by atoms with van der Waals surface area (Å²) in [6, 6.07) is 0. The largest absolute Gasteiger partial charge is 0.341 e. The molecule has 0 radical (unpaired) electrons. The van der Waals surface area contributed by atoms with Gasteiger partial charge in [0.05, 0.1) is 0 Å². The monoisotopic (exact) mass is 239 g/mol. The Morgan fingerprint density at radius 1 is 1.18 bits per heavy atom. The fraction of sp³-hybridized carbons (Fsp3) is 0.923. The van der Waals surface area contributed by atoms with Crippen LogP contribution in [0.2, 0.25) is 0 Å². The molecule has 2 aliphatic rings. The molecule has 2 heterocycles. The van der Waals surface area contributed by atoms with Gasteiger partial charge in [-0.25, -0.2) is 0 Å². The molecule has 0 aromatic heterocycles. The molecular formula is C13H25N3O. The van der Waals surface area contributed by atoms with Gasteiger partial charge in [-0.15, -0.1) is 0 Å². The number of amides is 1. The van der Waals surface area contributed by atoms with Gasteiger partial charge in [0.25, 0.3) is 0 Å². The summed E-state index contributed by atoms with van der Waals surface area (Å²) in [5.74, 6) is 1.08. The van der Waals surface area contributed by atoms with Crippen molar-refractivity contribution in [1.82, 2.24) is 15.1 Å². The maximum absolute atomic E-state index is 11.9. The zero-order valence-electron chi connectivity index (χ0n) is 11.0. The topological polar surface area (TPSA) is 35.6 Å². The number of carbonyl (C=O) groups excluding carboxylic acids is 1. The predicted octanol–water partition coefficient (Wildman–Crippen LogP) is 0.540. The number of hydrogen-bond acceptors (Lipinski definition) is 3. The Morgan fingerprint density at radius 3 is 2.71 bits per heavy atom. The van der Waals surface area contributed by atoms with E-state index in [0.717, 1.165) is 58.7 Å². The van der Waals surface area contributed by atoms with Gasteiger partial charge in [0.1, 0.15) is 0 Å². The van der Waals surface area contributed by atoms with E-state index in [2.05, 4.69) is 22.0 Å². The minimum atomic E-state index is 0.365. The lowest BCUT2D eigenvalue weighted by molar-refractivity contribution is -0.130. The maximum atomic E-state index is 11.9. The van der Waals surface area contributed by atoms with E-state index in [1.54, 1.807) is 0 Å². The van der Waals surface area contributed by atoms with E-state index in [0.29, 0.717) is 11.8 Å². The number of nitrogens with one attached hydrogen (secondary N) is 1. The van der Waals surface area contributed by atoms with Gasteiger partial charge in [-0.1, -0.05) is 6.92 Å². The first-order chi connectivity index (χ1) is 8.25. The summed E-state index contributed by atoms with van der Waals surface area (Å²) >= 11 is 0. The van der Waals surface area contributed by atoms with Gasteiger partial charge in [0.15, 0.2) is 0 Å². The van der Waals surface area contributed by atoms with Crippen molar-refractivity contribution in [2.75, 3.05) is 45.8 Å². The van der Waals surface area contributed by atoms with Crippen LogP contribution in [0.15, 0.2) is 0 Å². The quantitative estimate of drug-likeness (QED) is 0.781. The first kappa shape index (κ1) is 12.8. The Hall–Kier alpha value is -0.610. The Labute approximate surface area is 104 Å². The average molecular weight is 239 g/mol. The number of piperazine rings is 1. The molecule has 0 aromatic rings. The van der Waals surface area contributed by atoms with Crippen LogP contribution in [0.4, 0.5) is 0 Å². The number of hydrogen-bond donors (Lipinski definition) is 1. The first-order valence-corrected chi connectivity index (χ1v) is 6.96. The average Bonchev–Trinajstić information content (AvgIpc) is 2.52. The van der Waals surface area contributed by atoms with Gasteiger partial charge in [-0.05, 0) is 18.8 Å². The van der Waals surface area contributed by atoms with E-state index in [1.807, 2.05) is 0 Å². The van der Waals surface area contributed by atoms with Crippen molar-refractivity contribution >= 4 is 5.91 Å². The molecular weight excluding hydrogens is 214 g/mol. The molecule has 1 amide bonds. The van der Waals surface area contributed by atoms with Gasteiger partial charge in [-0.3, -0.25) is 9.69 Å². The van der Waals surface area contributed by atoms with Gasteiger partial charge in [0.2, 0.25) is 5.91 Å². The normalized spacial score (nSPS) is 28.2. The molecule has 1 atom stereocenters. The van der Waals surface area contributed by atoms with E-state index in [4.69, 9.17) is 0 Å². The molecule has 1 unspecified atom stereocenters. The van der Waals surface area contributed by atoms with E-state index in [9.17, 15) is 4.79 Å². The van der Waals surface area contributed by atoms with Crippen LogP contribution < -0.4 is 5.32 Å². The van der Waals surface area contributed by atoms with Crippen molar-refractivity contribution in [2.24, 2.45) is 5.92 Å². The summed E-state index contributed by atoms with van der Waals surface area (Å²) in [5.41, 5.74) is 0. The fourth-order valence-electron chi connectivity index (χ4n) is 2.61. The Bertz CT molecular complexity index is 251. The number of likely N-dealkylation sites (tertiary alicyclic amines) is 1. The molecule has 98 valence electrons. The molecule has 4 nitrogen and oxygen atoms in total. The van der Waals surface area contributed by atoms with Gasteiger partial charge in [-0.2, -0.15) is 0 Å². The molecule has 1 N–H and O–H groups in total. The first-order valence-electron chi connectivity index (χ1n) is 6.96. The van der Waals surface area contributed by atoms with Gasteiger partial charge in [0, 0.05) is 52.2 Å². The zero-order valence-corrected chi connectivity index (χ0v) is 11.0. The van der Waals surface area contributed by atoms with Crippen LogP contribution in [-0.2, 0) is 4.79 Å². The van der Waals surface area contributed by atoms with Crippen molar-refractivity contribution in [2.45, 2.75) is 26.2 Å². The lowest BCUT2D eigenvalue weighted by Crippen LogP contribution is -2.47. The van der Waals surface area contributed by atoms with Crippen LogP contribution in [-0.4, -0.2) is 61.5 Å². The molecule has 2 saturated heterocycles. The van der Waals surface area contributed by atoms with Crippen LogP contribution >= 0.6 is 0 Å². The van der Waals surface area contributed by atoms with Crippen LogP contribution in [0.5, 0.6) is 0 Å². The summed E-state index contributed by atoms with van der Waals surface area (Å²) in [4.78, 5) is 16.5. The van der Waals surface area contributed by atoms with Crippen LogP contribution in [0.3, 0.4) is 0 Å². The Morgan fingerprint density at radius 2 is 1.94 bits per heavy atom. The van der Waals surface area contributed by atoms with Crippen molar-refractivity contribution in [3.05, 3.63) is 0 Å². The maximum Gasteiger partial charge on any atom is 0.222 e. The molecule has 2 aliphatic heterocycles. The van der Waals surface area contributed by atoms with Crippen molar-refractivity contribution < 1.29 is 4.79 Å². The van der Waals surface area contributed by atoms with Gasteiger partial charge >= 0.3 is 0 Å². The molecule has 0 spiro atoms. The summed E-state index contributed by atoms with van der Waals surface area (Å²) in [7, 11) is 0. The van der Waals surface area contributed by atoms with Gasteiger partial charge < -0.3 is 10.2 Å². The van der Waals surface area contributed by atoms with E-state index in [-0.39, 0.29) is 0 Å². The summed E-state index contributed by atoms with van der Waals surface area (Å²) < 4.78 is 0. The van der Waals surface area contributed by atoms with E-state index in [1.165, 1.54) is 6.42 Å². The molecule has 2 fully saturated rings. The Balaban J connectivity index is 1.74. The minimum Gasteiger partial charge on any atom is -0.341 e. The molecule has 0 bridgehead atoms. The lowest BCUT2D eigenvalue weighted by atomic mass is 10.0. The highest BCUT2D eigenvalue weighted by molar-refractivity contribution is 5.76. The summed E-state index contributed by atoms with van der Waals surface area (Å²) in [5, 5.41) is 3.36. The van der Waals surface area contributed by atoms with Crippen LogP contribution in [0.1, 0.15) is 26.2 Å². The lowest BCUT2D eigenvalue weighted by Gasteiger charge is -2.30. The SMILES string of the molecule is CC1CCC(=O)N(CCN2CCNCC2)CC1. The summed E-state index contributed by atoms with van der Waals surface area (Å²) in [6.07, 6.45) is 3.00. The number of nitrogens with zero attached hydrogens (tertiary/aromatic N) is 2. The van der Waals surface area contributed by atoms with E-state index < -0.39 is 0 Å². The summed E-state index contributed by atoms with van der Waals surface area (Å²) in [6.45, 7) is 9.61. The molecule has 0 aromatic carbocycles. The third-order valence-corrected chi connectivity index (χ3v) is 3.99. The minimum absolute atomic E-state index is 0.365. The van der Waals surface area contributed by atoms with Crippen molar-refractivity contribution in [3.8, 4) is 0 Å². The highest BCUT2D eigenvalue weighted by atomic mass is 16.2. The molecule has 4 heteroatoms. The number of carbonyl (C=O) groups is 1. The van der Waals surface area contributed by atoms with Crippen molar-refractivity contribution in [1.29, 1.82) is 0 Å². The smallest absolute Gasteiger partial charge is 0.222 e. The molecule has 17 heavy (non-hydrogen) atoms. The molecule has 2 rings (SSSR count). The second-order valence-corrected chi connectivity index (χ2v) is 5.40. The number of rotatable bonds is 3. The standard InChI is InChI=1S/C13H25N3O/c1-12-2-3-13(17)16(7-4-12)11-10-15-8-5-14-6-9-15/h12,14H,2-11H2,1H3. The molecule has 0 saturated carbocycles. The van der Waals surface area contributed by atoms with Crippen LogP contribution in [0, 0.1) is 5.92 Å². The highest BCUT2D eigenvalue weighted by Crippen LogP contribution is 2.17. The Kier molecular flexibility index (Phi) is 4.80. The second-order valence-electron chi connectivity index (χ2n) is 5.40. The molecule has 0 aliphatic carbocycles. The fourth-order valence-corrected chi connectivity index (χ4v) is 2.61. The second kappa shape index (κ2) is 6.36. The predicted molar refractivity (Wildman–Crippen MR) is 68.9 cm³/mol. The zero-order chi connectivity index (χ0) is 12.1. The third kappa shape index (κ3) is 3.96. The van der Waals surface area contributed by atoms with Crippen LogP contribution in [0.25, 0.3) is 0 Å². The van der Waals surface area contributed by atoms with Crippen molar-refractivity contribution in [3.63, 3.8) is 0 Å². The third-order valence-electron chi connectivity index (χ3n) is 3.99.